The summed E-state index contributed by atoms with van der Waals surface area (Å²) in [6, 6.07) is 4.07. The maximum absolute atomic E-state index is 16.0. The number of methoxy groups -OCH3 is 2. The maximum atomic E-state index is 16.0. The molecular formula is C63H76F6N6O12V2-2. The fraction of sp³-hybridized carbons (Fsp3) is 0.619. The second-order valence-electron chi connectivity index (χ2n) is 26.4. The zero-order valence-corrected chi connectivity index (χ0v) is 54.4. The molecule has 6 aliphatic rings. The molecule has 2 aliphatic carbocycles. The molecule has 4 aromatic rings. The number of rotatable bonds is 4. The van der Waals surface area contributed by atoms with Crippen molar-refractivity contribution in [1.29, 1.82) is 0 Å². The van der Waals surface area contributed by atoms with Gasteiger partial charge in [-0.05, 0) is 98.3 Å². The van der Waals surface area contributed by atoms with E-state index < -0.39 is 148 Å². The first-order valence-electron chi connectivity index (χ1n) is 29.6. The Hall–Kier alpha value is -5.97. The van der Waals surface area contributed by atoms with Gasteiger partial charge in [0.25, 0.3) is 11.8 Å². The van der Waals surface area contributed by atoms with E-state index in [2.05, 4.69) is 20.6 Å². The van der Waals surface area contributed by atoms with Crippen molar-refractivity contribution in [3.63, 3.8) is 0 Å². The summed E-state index contributed by atoms with van der Waals surface area (Å²) in [6.45, 7) is 15.2. The Morgan fingerprint density at radius 2 is 1.06 bits per heavy atom. The summed E-state index contributed by atoms with van der Waals surface area (Å²) in [4.78, 5) is 89.0. The Labute approximate surface area is 537 Å². The summed E-state index contributed by atoms with van der Waals surface area (Å²) < 4.78 is 129. The molecule has 2 saturated heterocycles. The number of alkyl halides is 4. The van der Waals surface area contributed by atoms with Crippen LogP contribution >= 0.6 is 0 Å². The van der Waals surface area contributed by atoms with Gasteiger partial charge in [0.05, 0.1) is 38.3 Å². The average Bonchev–Trinajstić information content (AvgIpc) is 1.37. The molecule has 4 amide bonds. The normalized spacial score (nSPS) is 29.7. The monoisotopic (exact) mass is 1320 g/mol. The zero-order chi connectivity index (χ0) is 63.5. The van der Waals surface area contributed by atoms with Gasteiger partial charge in [0.2, 0.25) is 23.6 Å². The van der Waals surface area contributed by atoms with Crippen LogP contribution in [0.25, 0.3) is 21.8 Å². The van der Waals surface area contributed by atoms with Crippen molar-refractivity contribution in [3.05, 3.63) is 59.2 Å². The Morgan fingerprint density at radius 1 is 0.629 bits per heavy atom. The molecule has 2 aromatic carbocycles. The van der Waals surface area contributed by atoms with Crippen LogP contribution < -0.4 is 29.6 Å². The Kier molecular flexibility index (Phi) is 21.4. The number of nitrogens with zero attached hydrogens (tertiary/aromatic N) is 4. The summed E-state index contributed by atoms with van der Waals surface area (Å²) >= 11 is 0. The number of nitrogens with one attached hydrogen (secondary N) is 2. The maximum Gasteiger partial charge on any atom is 0.408 e. The largest absolute Gasteiger partial charge is 0.540 e. The van der Waals surface area contributed by atoms with Gasteiger partial charge in [-0.1, -0.05) is 80.3 Å². The molecule has 2 N–H and O–H groups in total. The van der Waals surface area contributed by atoms with Crippen molar-refractivity contribution in [1.82, 2.24) is 30.4 Å². The van der Waals surface area contributed by atoms with Crippen LogP contribution in [-0.4, -0.2) is 132 Å². The van der Waals surface area contributed by atoms with Gasteiger partial charge in [0, 0.05) is 78.8 Å². The van der Waals surface area contributed by atoms with E-state index in [-0.39, 0.29) is 103 Å². The fourth-order valence-corrected chi connectivity index (χ4v) is 12.4. The number of carbonyl (C=O) groups is 4. The molecule has 4 aliphatic heterocycles. The van der Waals surface area contributed by atoms with Crippen LogP contribution in [0, 0.1) is 46.1 Å². The van der Waals surface area contributed by atoms with Gasteiger partial charge in [0.1, 0.15) is 70.3 Å². The SMILES string of the molecule is COc1ccc2c(F)c3c(nc2c1)O[C@H]1CN(C(=O)[C@H](C(C)(C)C)NC(=O)O[C@@H]2C[C@H]2CCCCC3(F)F)[C@H]([C-]=O)[C@@H]1C.COc1ccc2c(F)c3c(nc2c1)O[C@H]1CN(C(=O)[C@H](C(C)(C)C)NC(=O)O[C@]2(C)C[C@H]2CCCCC3(F)F)[C@H]([C-]=O)[C@@H]1C.[V].[V]. The molecule has 4 bridgehead atoms. The Balaban J connectivity index is 0.000000248. The van der Waals surface area contributed by atoms with Crippen LogP contribution in [0.5, 0.6) is 23.3 Å². The van der Waals surface area contributed by atoms with E-state index >= 15 is 26.3 Å². The molecule has 12 atom stereocenters. The number of fused-ring (bicyclic) bond motifs is 10. The van der Waals surface area contributed by atoms with Gasteiger partial charge in [-0.25, -0.2) is 58.5 Å². The molecule has 89 heavy (non-hydrogen) atoms. The van der Waals surface area contributed by atoms with Gasteiger partial charge < -0.3 is 58.4 Å². The predicted octanol–water partition coefficient (Wildman–Crippen LogP) is 10.9. The average molecular weight is 1330 g/mol. The van der Waals surface area contributed by atoms with Gasteiger partial charge in [-0.15, -0.1) is 0 Å². The van der Waals surface area contributed by atoms with Crippen LogP contribution in [0.1, 0.15) is 138 Å². The molecule has 2 radical (unpaired) electrons. The Morgan fingerprint density at radius 3 is 1.47 bits per heavy atom. The van der Waals surface area contributed by atoms with Crippen LogP contribution in [-0.2, 0) is 77.6 Å². The van der Waals surface area contributed by atoms with Crippen LogP contribution in [0.4, 0.5) is 35.9 Å². The van der Waals surface area contributed by atoms with E-state index in [1.807, 2.05) is 12.6 Å². The fourth-order valence-electron chi connectivity index (χ4n) is 12.4. The van der Waals surface area contributed by atoms with E-state index in [1.54, 1.807) is 62.3 Å². The molecule has 10 rings (SSSR count). The molecule has 0 spiro atoms. The molecule has 2 aromatic heterocycles. The summed E-state index contributed by atoms with van der Waals surface area (Å²) in [5.41, 5.74) is -4.14. The molecule has 2 saturated carbocycles. The summed E-state index contributed by atoms with van der Waals surface area (Å²) in [5, 5.41) is 5.16. The third-order valence-electron chi connectivity index (χ3n) is 18.0. The quantitative estimate of drug-likeness (QED) is 0.144. The Bertz CT molecular complexity index is 3320. The van der Waals surface area contributed by atoms with E-state index in [0.29, 0.717) is 50.0 Å². The van der Waals surface area contributed by atoms with Crippen molar-refractivity contribution in [2.24, 2.45) is 34.5 Å². The first-order valence-corrected chi connectivity index (χ1v) is 29.6. The predicted molar refractivity (Wildman–Crippen MR) is 305 cm³/mol. The standard InChI is InChI=1S/C32H39F3N3O6.C31H37F3N3O6.2V/c1-17-22(16-39)38-15-23(17)43-27-24(25(33)20-11-10-19(42-6)13-21(20)36-27)32(34,35)12-8-7-9-18-14-31(18,5)44-29(41)37-26(28(38)40)30(2,3)4;1-16-21(15-38)37-14-23(16)42-27-24(25(32)19-10-9-18(41-5)13-20(19)35-27)31(33,34)11-7-6-8-17-12-22(17)43-29(40)36-26(28(37)39)30(2,3)4;;/h10-11,13,17-18,22-23,26H,7-9,12,14-15H2,1-6H3,(H,37,41);9-10,13,16-17,21-23,26H,6-8,11-12,14H2,1-5H3,(H,36,40);;/q2*-1;;/t17-,18+,22+,23-,26+,31+;16-,17+,21+,22+,23-,26+;;/m00../s1. The van der Waals surface area contributed by atoms with Crippen LogP contribution in [0.15, 0.2) is 36.4 Å². The number of carbonyl (C=O) groups excluding carboxylic acids is 6. The van der Waals surface area contributed by atoms with E-state index in [1.165, 1.54) is 60.4 Å². The van der Waals surface area contributed by atoms with Gasteiger partial charge in [-0.2, -0.15) is 0 Å². The molecule has 4 fully saturated rings. The molecule has 18 nitrogen and oxygen atoms in total. The van der Waals surface area contributed by atoms with E-state index in [4.69, 9.17) is 28.4 Å². The summed E-state index contributed by atoms with van der Waals surface area (Å²) in [5.74, 6) is -12.7. The summed E-state index contributed by atoms with van der Waals surface area (Å²) in [7, 11) is 2.84. The second-order valence-corrected chi connectivity index (χ2v) is 26.4. The smallest absolute Gasteiger partial charge is 0.408 e. The minimum Gasteiger partial charge on any atom is -0.540 e. The third-order valence-corrected chi connectivity index (χ3v) is 18.0. The molecule has 0 unspecified atom stereocenters. The number of hydrogen-bond donors (Lipinski definition) is 2. The van der Waals surface area contributed by atoms with Crippen molar-refractivity contribution < 1.29 is 121 Å². The van der Waals surface area contributed by atoms with Crippen LogP contribution in [0.3, 0.4) is 0 Å². The van der Waals surface area contributed by atoms with Gasteiger partial charge >= 0.3 is 12.2 Å². The number of hydrogen-bond acceptors (Lipinski definition) is 14. The minimum absolute atomic E-state index is 0. The van der Waals surface area contributed by atoms with Crippen molar-refractivity contribution in [2.75, 3.05) is 27.3 Å². The number of alkyl carbamates (subject to hydrolysis) is 2. The van der Waals surface area contributed by atoms with Gasteiger partial charge in [-0.3, -0.25) is 9.59 Å². The number of aromatic nitrogens is 2. The van der Waals surface area contributed by atoms with E-state index in [9.17, 15) is 28.8 Å². The molecule has 26 heteroatoms. The third kappa shape index (κ3) is 14.9. The molecule has 6 heterocycles. The second kappa shape index (κ2) is 27.1. The van der Waals surface area contributed by atoms with Crippen molar-refractivity contribution in [2.45, 2.75) is 186 Å². The van der Waals surface area contributed by atoms with Gasteiger partial charge in [0.15, 0.2) is 0 Å². The number of benzene rings is 2. The summed E-state index contributed by atoms with van der Waals surface area (Å²) in [6.07, 6.45) is 1.80. The van der Waals surface area contributed by atoms with Crippen LogP contribution in [0.2, 0.25) is 0 Å². The number of ether oxygens (including phenoxy) is 6. The number of amides is 4. The van der Waals surface area contributed by atoms with Crippen molar-refractivity contribution >= 4 is 58.4 Å². The first kappa shape index (κ1) is 70.5. The minimum atomic E-state index is -3.64. The van der Waals surface area contributed by atoms with Crippen molar-refractivity contribution in [3.8, 4) is 23.3 Å². The first-order chi connectivity index (χ1) is 40.8. The molecule has 484 valence electrons. The van der Waals surface area contributed by atoms with E-state index in [0.717, 1.165) is 0 Å². The molecular weight excluding hydrogens is 1250 g/mol. The topological polar surface area (TPSA) is 214 Å². The zero-order valence-electron chi connectivity index (χ0n) is 51.7. The number of halogens is 6. The number of pyridine rings is 2.